The molecule has 2 amide bonds. The molecule has 0 spiro atoms. The molecular weight excluding hydrogens is 302 g/mol. The summed E-state index contributed by atoms with van der Waals surface area (Å²) in [6.07, 6.45) is 1.70. The highest BCUT2D eigenvalue weighted by Gasteiger charge is 2.16. The van der Waals surface area contributed by atoms with Crippen LogP contribution < -0.4 is 5.32 Å². The van der Waals surface area contributed by atoms with Gasteiger partial charge in [-0.1, -0.05) is 0 Å². The molecular formula is C15H19N3O3S. The van der Waals surface area contributed by atoms with E-state index in [-0.39, 0.29) is 24.3 Å². The molecule has 6 nitrogen and oxygen atoms in total. The van der Waals surface area contributed by atoms with E-state index in [1.165, 1.54) is 17.6 Å². The van der Waals surface area contributed by atoms with Gasteiger partial charge in [0.25, 0.3) is 5.91 Å². The Morgan fingerprint density at radius 2 is 2.18 bits per heavy atom. The molecule has 0 aliphatic heterocycles. The molecule has 22 heavy (non-hydrogen) atoms. The topological polar surface area (TPSA) is 75.4 Å². The molecule has 0 bridgehead atoms. The Labute approximate surface area is 133 Å². The van der Waals surface area contributed by atoms with E-state index in [1.807, 2.05) is 13.8 Å². The molecule has 0 atom stereocenters. The van der Waals surface area contributed by atoms with Crippen LogP contribution in [-0.2, 0) is 11.2 Å². The number of anilines is 1. The van der Waals surface area contributed by atoms with Crippen LogP contribution in [0.5, 0.6) is 0 Å². The first kappa shape index (κ1) is 16.2. The maximum atomic E-state index is 12.0. The summed E-state index contributed by atoms with van der Waals surface area (Å²) >= 11 is 1.30. The van der Waals surface area contributed by atoms with Gasteiger partial charge in [0.1, 0.15) is 5.76 Å². The van der Waals surface area contributed by atoms with Crippen LogP contribution >= 0.6 is 11.3 Å². The fourth-order valence-corrected chi connectivity index (χ4v) is 2.50. The summed E-state index contributed by atoms with van der Waals surface area (Å²) in [6.45, 7) is 5.64. The molecule has 0 unspecified atom stereocenters. The number of furan rings is 1. The number of carbonyl (C=O) groups excluding carboxylic acids is 2. The molecule has 118 valence electrons. The summed E-state index contributed by atoms with van der Waals surface area (Å²) in [5, 5.41) is 4.97. The minimum Gasteiger partial charge on any atom is -0.469 e. The van der Waals surface area contributed by atoms with Crippen molar-refractivity contribution in [3.8, 4) is 0 Å². The third-order valence-corrected chi connectivity index (χ3v) is 4.18. The first-order chi connectivity index (χ1) is 10.4. The van der Waals surface area contributed by atoms with Crippen molar-refractivity contribution in [3.05, 3.63) is 34.7 Å². The molecule has 1 N–H and O–H groups in total. The smallest absolute Gasteiger partial charge is 0.260 e. The molecule has 0 aliphatic carbocycles. The van der Waals surface area contributed by atoms with Crippen LogP contribution in [0, 0.1) is 6.92 Å². The van der Waals surface area contributed by atoms with Crippen molar-refractivity contribution in [2.75, 3.05) is 12.4 Å². The Hall–Kier alpha value is -2.15. The normalized spacial score (nSPS) is 10.8. The predicted molar refractivity (Wildman–Crippen MR) is 85.1 cm³/mol. The zero-order valence-electron chi connectivity index (χ0n) is 13.0. The van der Waals surface area contributed by atoms with Crippen LogP contribution in [0.4, 0.5) is 5.13 Å². The standard InChI is InChI=1S/C15H19N3O3S/c1-9(2)18(4)13(19)7-11-8-22-15(16-11)17-14(20)12-5-6-21-10(12)3/h5-6,8-9H,7H2,1-4H3,(H,16,17,20). The van der Waals surface area contributed by atoms with Crippen molar-refractivity contribution in [2.24, 2.45) is 0 Å². The first-order valence-electron chi connectivity index (χ1n) is 6.94. The second-order valence-electron chi connectivity index (χ2n) is 5.26. The zero-order chi connectivity index (χ0) is 16.3. The molecule has 2 heterocycles. The van der Waals surface area contributed by atoms with Crippen molar-refractivity contribution in [2.45, 2.75) is 33.2 Å². The largest absolute Gasteiger partial charge is 0.469 e. The number of nitrogens with zero attached hydrogens (tertiary/aromatic N) is 2. The number of thiazole rings is 1. The van der Waals surface area contributed by atoms with Crippen LogP contribution in [0.15, 0.2) is 22.1 Å². The van der Waals surface area contributed by atoms with E-state index in [0.29, 0.717) is 22.1 Å². The molecule has 0 aromatic carbocycles. The van der Waals surface area contributed by atoms with Crippen molar-refractivity contribution >= 4 is 28.3 Å². The number of nitrogens with one attached hydrogen (secondary N) is 1. The Bertz CT molecular complexity index is 675. The van der Waals surface area contributed by atoms with E-state index in [1.54, 1.807) is 30.3 Å². The van der Waals surface area contributed by atoms with Gasteiger partial charge in [0.05, 0.1) is 23.9 Å². The van der Waals surface area contributed by atoms with Crippen molar-refractivity contribution in [1.82, 2.24) is 9.88 Å². The van der Waals surface area contributed by atoms with Gasteiger partial charge in [-0.15, -0.1) is 11.3 Å². The van der Waals surface area contributed by atoms with Crippen molar-refractivity contribution < 1.29 is 14.0 Å². The van der Waals surface area contributed by atoms with E-state index in [4.69, 9.17) is 4.42 Å². The molecule has 2 aromatic rings. The maximum absolute atomic E-state index is 12.0. The van der Waals surface area contributed by atoms with Gasteiger partial charge in [-0.25, -0.2) is 4.98 Å². The highest BCUT2D eigenvalue weighted by atomic mass is 32.1. The third kappa shape index (κ3) is 3.73. The monoisotopic (exact) mass is 321 g/mol. The van der Waals surface area contributed by atoms with Crippen LogP contribution in [0.2, 0.25) is 0 Å². The van der Waals surface area contributed by atoms with Crippen LogP contribution in [-0.4, -0.2) is 34.8 Å². The number of rotatable bonds is 5. The molecule has 0 radical (unpaired) electrons. The highest BCUT2D eigenvalue weighted by molar-refractivity contribution is 7.14. The summed E-state index contributed by atoms with van der Waals surface area (Å²) in [4.78, 5) is 30.0. The summed E-state index contributed by atoms with van der Waals surface area (Å²) in [5.41, 5.74) is 1.13. The maximum Gasteiger partial charge on any atom is 0.260 e. The minimum absolute atomic E-state index is 0.00357. The predicted octanol–water partition coefficient (Wildman–Crippen LogP) is 2.71. The quantitative estimate of drug-likeness (QED) is 0.918. The number of hydrogen-bond acceptors (Lipinski definition) is 5. The van der Waals surface area contributed by atoms with E-state index in [0.717, 1.165) is 0 Å². The molecule has 7 heteroatoms. The van der Waals surface area contributed by atoms with Gasteiger partial charge in [-0.05, 0) is 26.8 Å². The van der Waals surface area contributed by atoms with Gasteiger partial charge in [-0.3, -0.25) is 14.9 Å². The molecule has 0 fully saturated rings. The molecule has 0 aliphatic rings. The Morgan fingerprint density at radius 3 is 2.77 bits per heavy atom. The fraction of sp³-hybridized carbons (Fsp3) is 0.400. The zero-order valence-corrected chi connectivity index (χ0v) is 13.9. The lowest BCUT2D eigenvalue weighted by atomic mass is 10.2. The van der Waals surface area contributed by atoms with E-state index in [9.17, 15) is 9.59 Å². The van der Waals surface area contributed by atoms with Gasteiger partial charge in [-0.2, -0.15) is 0 Å². The third-order valence-electron chi connectivity index (χ3n) is 3.38. The van der Waals surface area contributed by atoms with E-state index in [2.05, 4.69) is 10.3 Å². The fourth-order valence-electron chi connectivity index (χ4n) is 1.80. The van der Waals surface area contributed by atoms with E-state index >= 15 is 0 Å². The minimum atomic E-state index is -0.266. The average Bonchev–Trinajstić information content (AvgIpc) is 3.06. The van der Waals surface area contributed by atoms with Gasteiger partial charge in [0, 0.05) is 18.5 Å². The lowest BCUT2D eigenvalue weighted by molar-refractivity contribution is -0.130. The lowest BCUT2D eigenvalue weighted by Gasteiger charge is -2.20. The second kappa shape index (κ2) is 6.74. The summed E-state index contributed by atoms with van der Waals surface area (Å²) in [6, 6.07) is 1.76. The Morgan fingerprint density at radius 1 is 1.45 bits per heavy atom. The summed E-state index contributed by atoms with van der Waals surface area (Å²) in [7, 11) is 1.77. The van der Waals surface area contributed by atoms with Crippen LogP contribution in [0.25, 0.3) is 0 Å². The summed E-state index contributed by atoms with van der Waals surface area (Å²) < 4.78 is 5.10. The van der Waals surface area contributed by atoms with Crippen LogP contribution in [0.1, 0.15) is 35.7 Å². The van der Waals surface area contributed by atoms with Crippen molar-refractivity contribution in [1.29, 1.82) is 0 Å². The average molecular weight is 321 g/mol. The van der Waals surface area contributed by atoms with Crippen LogP contribution in [0.3, 0.4) is 0 Å². The summed E-state index contributed by atoms with van der Waals surface area (Å²) in [5.74, 6) is 0.296. The number of aryl methyl sites for hydroxylation is 1. The number of hydrogen-bond donors (Lipinski definition) is 1. The number of likely N-dealkylation sites (N-methyl/N-ethyl adjacent to an activating group) is 1. The lowest BCUT2D eigenvalue weighted by Crippen LogP contribution is -2.34. The SMILES string of the molecule is Cc1occc1C(=O)Nc1nc(CC(=O)N(C)C(C)C)cs1. The van der Waals surface area contributed by atoms with Gasteiger partial charge < -0.3 is 9.32 Å². The van der Waals surface area contributed by atoms with E-state index < -0.39 is 0 Å². The van der Waals surface area contributed by atoms with Gasteiger partial charge in [0.2, 0.25) is 5.91 Å². The first-order valence-corrected chi connectivity index (χ1v) is 7.82. The van der Waals surface area contributed by atoms with Crippen molar-refractivity contribution in [3.63, 3.8) is 0 Å². The molecule has 2 aromatic heterocycles. The Kier molecular flexibility index (Phi) is 4.97. The molecule has 2 rings (SSSR count). The Balaban J connectivity index is 1.99. The second-order valence-corrected chi connectivity index (χ2v) is 6.12. The number of aromatic nitrogens is 1. The molecule has 0 saturated heterocycles. The van der Waals surface area contributed by atoms with Gasteiger partial charge >= 0.3 is 0 Å². The highest BCUT2D eigenvalue weighted by Crippen LogP contribution is 2.18. The number of carbonyl (C=O) groups is 2. The van der Waals surface area contributed by atoms with Gasteiger partial charge in [0.15, 0.2) is 5.13 Å². The molecule has 0 saturated carbocycles. The number of amides is 2.